The van der Waals surface area contributed by atoms with Crippen molar-refractivity contribution < 1.29 is 80.2 Å². The molecule has 0 heterocycles. The summed E-state index contributed by atoms with van der Waals surface area (Å²) < 4.78 is 68.5. The van der Waals surface area contributed by atoms with Crippen molar-refractivity contribution in [2.75, 3.05) is 39.6 Å². The fourth-order valence-corrected chi connectivity index (χ4v) is 13.2. The monoisotopic (exact) mass is 1400 g/mol. The number of phosphoric acid groups is 2. The summed E-state index contributed by atoms with van der Waals surface area (Å²) in [6.07, 6.45) is 55.6. The van der Waals surface area contributed by atoms with Crippen molar-refractivity contribution in [2.24, 2.45) is 11.8 Å². The summed E-state index contributed by atoms with van der Waals surface area (Å²) in [6.45, 7) is 9.54. The maximum Gasteiger partial charge on any atom is 0.472 e. The summed E-state index contributed by atoms with van der Waals surface area (Å²) in [5, 5.41) is 10.6. The Labute approximate surface area is 581 Å². The molecule has 0 aliphatic carbocycles. The van der Waals surface area contributed by atoms with Gasteiger partial charge in [0.05, 0.1) is 26.4 Å². The van der Waals surface area contributed by atoms with E-state index in [1.54, 1.807) is 0 Å². The fraction of sp³-hybridized carbons (Fsp3) is 0.947. The third-order valence-corrected chi connectivity index (χ3v) is 20.0. The molecule has 0 rings (SSSR count). The van der Waals surface area contributed by atoms with Crippen LogP contribution in [0.25, 0.3) is 0 Å². The summed E-state index contributed by atoms with van der Waals surface area (Å²) in [6, 6.07) is 0. The van der Waals surface area contributed by atoms with E-state index in [0.29, 0.717) is 31.6 Å². The molecule has 19 heteroatoms. The Kier molecular flexibility index (Phi) is 66.5. The minimum Gasteiger partial charge on any atom is -0.462 e. The first-order valence-corrected chi connectivity index (χ1v) is 42.5. The number of carbonyl (C=O) groups is 4. The maximum atomic E-state index is 13.1. The van der Waals surface area contributed by atoms with Crippen molar-refractivity contribution in [3.63, 3.8) is 0 Å². The first-order chi connectivity index (χ1) is 45.9. The number of hydrogen-bond acceptors (Lipinski definition) is 15. The molecule has 0 spiro atoms. The van der Waals surface area contributed by atoms with Crippen molar-refractivity contribution in [2.45, 2.75) is 413 Å². The molecule has 3 N–H and O–H groups in total. The Morgan fingerprint density at radius 3 is 0.800 bits per heavy atom. The molecule has 0 fully saturated rings. The van der Waals surface area contributed by atoms with E-state index in [-0.39, 0.29) is 25.7 Å². The SMILES string of the molecule is CCCCCCCCCCCCCCCCCCCCCCC(=O)O[C@H](COC(=O)CCCCCCCCCCCCC(C)CC)COP(=O)(O)OC[C@@H](O)COP(=O)(O)OC[C@@H](COC(=O)CCCCCCCCC(C)C)OC(=O)CCCCCCCCCCCCCC. The van der Waals surface area contributed by atoms with Gasteiger partial charge in [0, 0.05) is 25.7 Å². The van der Waals surface area contributed by atoms with Gasteiger partial charge in [-0.05, 0) is 37.5 Å². The Bertz CT molecular complexity index is 1840. The lowest BCUT2D eigenvalue weighted by Crippen LogP contribution is -2.30. The van der Waals surface area contributed by atoms with Gasteiger partial charge in [-0.1, -0.05) is 343 Å². The quantitative estimate of drug-likeness (QED) is 0.0222. The second-order valence-corrected chi connectivity index (χ2v) is 31.0. The van der Waals surface area contributed by atoms with Crippen LogP contribution < -0.4 is 0 Å². The van der Waals surface area contributed by atoms with Crippen LogP contribution in [0.2, 0.25) is 0 Å². The predicted octanol–water partition coefficient (Wildman–Crippen LogP) is 22.3. The number of aliphatic hydroxyl groups excluding tert-OH is 1. The van der Waals surface area contributed by atoms with Crippen molar-refractivity contribution in [1.82, 2.24) is 0 Å². The second-order valence-electron chi connectivity index (χ2n) is 28.1. The zero-order valence-corrected chi connectivity index (χ0v) is 63.8. The van der Waals surface area contributed by atoms with Gasteiger partial charge in [-0.2, -0.15) is 0 Å². The molecule has 0 aromatic rings. The number of carbonyl (C=O) groups excluding carboxylic acids is 4. The zero-order valence-electron chi connectivity index (χ0n) is 62.0. The van der Waals surface area contributed by atoms with E-state index in [9.17, 15) is 43.2 Å². The van der Waals surface area contributed by atoms with Crippen LogP contribution in [0.15, 0.2) is 0 Å². The number of ether oxygens (including phenoxy) is 4. The van der Waals surface area contributed by atoms with Crippen LogP contribution in [0.1, 0.15) is 395 Å². The fourth-order valence-electron chi connectivity index (χ4n) is 11.6. The molecule has 0 aliphatic rings. The minimum absolute atomic E-state index is 0.106. The Balaban J connectivity index is 5.21. The van der Waals surface area contributed by atoms with Gasteiger partial charge in [-0.15, -0.1) is 0 Å². The molecule has 95 heavy (non-hydrogen) atoms. The molecule has 0 aliphatic heterocycles. The normalized spacial score (nSPS) is 14.3. The maximum absolute atomic E-state index is 13.1. The van der Waals surface area contributed by atoms with Crippen LogP contribution >= 0.6 is 15.6 Å². The third kappa shape index (κ3) is 69.0. The number of unbranched alkanes of at least 4 members (excludes halogenated alkanes) is 44. The van der Waals surface area contributed by atoms with E-state index in [1.165, 1.54) is 205 Å². The van der Waals surface area contributed by atoms with Gasteiger partial charge in [0.2, 0.25) is 0 Å². The summed E-state index contributed by atoms with van der Waals surface area (Å²) in [7, 11) is -9.91. The average Bonchev–Trinajstić information content (AvgIpc) is 1.90. The Morgan fingerprint density at radius 2 is 0.537 bits per heavy atom. The lowest BCUT2D eigenvalue weighted by molar-refractivity contribution is -0.161. The molecule has 0 radical (unpaired) electrons. The second kappa shape index (κ2) is 67.9. The molecule has 0 aromatic carbocycles. The topological polar surface area (TPSA) is 237 Å². The lowest BCUT2D eigenvalue weighted by atomic mass is 9.99. The summed E-state index contributed by atoms with van der Waals surface area (Å²) in [5.41, 5.74) is 0. The van der Waals surface area contributed by atoms with Gasteiger partial charge in [0.1, 0.15) is 19.3 Å². The van der Waals surface area contributed by atoms with Crippen molar-refractivity contribution in [3.8, 4) is 0 Å². The van der Waals surface area contributed by atoms with Crippen LogP contribution in [0.4, 0.5) is 0 Å². The highest BCUT2D eigenvalue weighted by Crippen LogP contribution is 2.45. The van der Waals surface area contributed by atoms with Gasteiger partial charge in [0.15, 0.2) is 12.2 Å². The standard InChI is InChI=1S/C76H148O17P2/c1-7-10-12-14-16-18-20-22-23-24-25-26-27-28-29-31-37-41-49-55-61-76(81)92-71(64-86-73(78)58-52-46-39-35-33-32-34-38-45-51-57-69(6)9-3)66-90-94(82,83)88-62-70(77)63-89-95(84,85)91-67-72(65-87-74(79)59-53-47-43-42-44-50-56-68(4)5)93-75(80)60-54-48-40-36-30-21-19-17-15-13-11-8-2/h68-72,77H,7-67H2,1-6H3,(H,82,83)(H,84,85)/t69?,70-,71-,72-/m1/s1. The number of esters is 4. The molecule has 564 valence electrons. The van der Waals surface area contributed by atoms with Gasteiger partial charge in [-0.3, -0.25) is 37.3 Å². The van der Waals surface area contributed by atoms with Crippen LogP contribution in [0, 0.1) is 11.8 Å². The van der Waals surface area contributed by atoms with E-state index in [0.717, 1.165) is 102 Å². The molecule has 3 unspecified atom stereocenters. The lowest BCUT2D eigenvalue weighted by Gasteiger charge is -2.21. The predicted molar refractivity (Wildman–Crippen MR) is 386 cm³/mol. The third-order valence-electron chi connectivity index (χ3n) is 18.1. The van der Waals surface area contributed by atoms with E-state index < -0.39 is 97.5 Å². The van der Waals surface area contributed by atoms with E-state index in [1.807, 2.05) is 0 Å². The highest BCUT2D eigenvalue weighted by Gasteiger charge is 2.30. The largest absolute Gasteiger partial charge is 0.472 e. The van der Waals surface area contributed by atoms with Crippen molar-refractivity contribution in [1.29, 1.82) is 0 Å². The molecule has 0 aromatic heterocycles. The summed E-state index contributed by atoms with van der Waals surface area (Å²) in [4.78, 5) is 72.7. The van der Waals surface area contributed by atoms with Gasteiger partial charge in [0.25, 0.3) is 0 Å². The molecular formula is C76H148O17P2. The van der Waals surface area contributed by atoms with E-state index in [4.69, 9.17) is 37.0 Å². The molecule has 0 saturated heterocycles. The van der Waals surface area contributed by atoms with Gasteiger partial charge >= 0.3 is 39.5 Å². The Hall–Kier alpha value is -1.94. The molecule has 0 saturated carbocycles. The van der Waals surface area contributed by atoms with E-state index >= 15 is 0 Å². The average molecular weight is 1400 g/mol. The molecule has 17 nitrogen and oxygen atoms in total. The molecule has 0 amide bonds. The molecular weight excluding hydrogens is 1250 g/mol. The number of aliphatic hydroxyl groups is 1. The van der Waals surface area contributed by atoms with Gasteiger partial charge < -0.3 is 33.8 Å². The van der Waals surface area contributed by atoms with Crippen molar-refractivity contribution >= 4 is 39.5 Å². The number of hydrogen-bond donors (Lipinski definition) is 3. The number of rotatable bonds is 75. The summed E-state index contributed by atoms with van der Waals surface area (Å²) in [5.74, 6) is -0.628. The summed E-state index contributed by atoms with van der Waals surface area (Å²) >= 11 is 0. The highest BCUT2D eigenvalue weighted by molar-refractivity contribution is 7.47. The van der Waals surface area contributed by atoms with E-state index in [2.05, 4.69) is 41.5 Å². The van der Waals surface area contributed by atoms with Gasteiger partial charge in [-0.25, -0.2) is 9.13 Å². The molecule has 6 atom stereocenters. The Morgan fingerprint density at radius 1 is 0.305 bits per heavy atom. The van der Waals surface area contributed by atoms with Crippen LogP contribution in [-0.2, 0) is 65.4 Å². The zero-order chi connectivity index (χ0) is 70.0. The van der Waals surface area contributed by atoms with Crippen LogP contribution in [-0.4, -0.2) is 96.7 Å². The smallest absolute Gasteiger partial charge is 0.462 e. The van der Waals surface area contributed by atoms with Crippen LogP contribution in [0.3, 0.4) is 0 Å². The first kappa shape index (κ1) is 93.1. The van der Waals surface area contributed by atoms with Crippen molar-refractivity contribution in [3.05, 3.63) is 0 Å². The first-order valence-electron chi connectivity index (χ1n) is 39.5. The number of phosphoric ester groups is 2. The van der Waals surface area contributed by atoms with Crippen LogP contribution in [0.5, 0.6) is 0 Å². The minimum atomic E-state index is -4.96. The molecule has 0 bridgehead atoms. The highest BCUT2D eigenvalue weighted by atomic mass is 31.2.